The maximum Gasteiger partial charge on any atom is 0.303 e. The molecule has 0 saturated carbocycles. The lowest BCUT2D eigenvalue weighted by Gasteiger charge is -2.39. The number of amides is 9. The minimum Gasteiger partial charge on any atom is -0.481 e. The van der Waals surface area contributed by atoms with E-state index in [1.807, 2.05) is 0 Å². The summed E-state index contributed by atoms with van der Waals surface area (Å²) in [6, 6.07) is 0. The van der Waals surface area contributed by atoms with Gasteiger partial charge in [-0.3, -0.25) is 62.6 Å². The number of aliphatic carboxylic acids is 1. The predicted octanol–water partition coefficient (Wildman–Crippen LogP) is -13.8. The molecule has 9 amide bonds. The van der Waals surface area contributed by atoms with Gasteiger partial charge in [0.05, 0.1) is 111 Å². The second kappa shape index (κ2) is 53.0. The Hall–Kier alpha value is -6.30. The van der Waals surface area contributed by atoms with E-state index in [2.05, 4.69) is 47.9 Å². The van der Waals surface area contributed by atoms with Crippen LogP contribution in [0.4, 0.5) is 0 Å². The van der Waals surface area contributed by atoms with E-state index in [4.69, 9.17) is 43.0 Å². The van der Waals surface area contributed by atoms with Gasteiger partial charge in [-0.25, -0.2) is 0 Å². The highest BCUT2D eigenvalue weighted by molar-refractivity contribution is 5.86. The van der Waals surface area contributed by atoms with Gasteiger partial charge in [0.2, 0.25) is 53.2 Å². The third-order valence-electron chi connectivity index (χ3n) is 17.8. The van der Waals surface area contributed by atoms with Crippen LogP contribution in [-0.2, 0) is 85.8 Å². The molecule has 640 valence electrons. The monoisotopic (exact) mass is 1610 g/mol. The largest absolute Gasteiger partial charge is 0.481 e. The number of ether oxygens (including phenoxy) is 8. The molecular weight excluding hydrogens is 1490 g/mol. The normalized spacial score (nSPS) is 28.1. The van der Waals surface area contributed by atoms with Crippen LogP contribution in [0.5, 0.6) is 0 Å². The predicted molar refractivity (Wildman–Crippen MR) is 376 cm³/mol. The second-order valence-corrected chi connectivity index (χ2v) is 27.2. The molecule has 4 saturated heterocycles. The molecule has 24 N–H and O–H groups in total. The number of nitrogens with zero attached hydrogens (tertiary/aromatic N) is 3. The summed E-state index contributed by atoms with van der Waals surface area (Å²) in [6.45, 7) is -3.18. The molecule has 0 aromatic heterocycles. The van der Waals surface area contributed by atoms with Gasteiger partial charge in [-0.05, 0) is 65.2 Å². The van der Waals surface area contributed by atoms with Crippen LogP contribution in [0.3, 0.4) is 0 Å². The Labute approximate surface area is 640 Å². The number of carbonyl (C=O) groups is 10. The Kier molecular flexibility index (Phi) is 46.3. The summed E-state index contributed by atoms with van der Waals surface area (Å²) in [4.78, 5) is 133. The summed E-state index contributed by atoms with van der Waals surface area (Å²) >= 11 is 0. The molecule has 0 spiro atoms. The number of aliphatic hydroxyl groups excluding tert-OH is 14. The van der Waals surface area contributed by atoms with Crippen molar-refractivity contribution >= 4 is 59.1 Å². The number of hydrogen-bond donors (Lipinski definition) is 24. The van der Waals surface area contributed by atoms with Crippen molar-refractivity contribution in [2.75, 3.05) is 157 Å². The molecule has 4 aliphatic heterocycles. The fourth-order valence-corrected chi connectivity index (χ4v) is 11.6. The van der Waals surface area contributed by atoms with E-state index in [0.717, 1.165) is 0 Å². The molecular formula is C66H118N12O33. The van der Waals surface area contributed by atoms with Gasteiger partial charge in [0.15, 0.2) is 25.2 Å². The molecule has 0 radical (unpaired) electrons. The van der Waals surface area contributed by atoms with E-state index in [9.17, 15) is 119 Å². The molecule has 0 bridgehead atoms. The van der Waals surface area contributed by atoms with E-state index in [-0.39, 0.29) is 111 Å². The first-order valence-electron chi connectivity index (χ1n) is 37.1. The van der Waals surface area contributed by atoms with Crippen molar-refractivity contribution in [2.45, 2.75) is 201 Å². The number of aliphatic hydroxyl groups is 14. The maximum absolute atomic E-state index is 13.2. The molecule has 45 nitrogen and oxygen atoms in total. The van der Waals surface area contributed by atoms with Crippen LogP contribution in [0, 0.1) is 0 Å². The van der Waals surface area contributed by atoms with Crippen LogP contribution in [-0.4, -0.2) is 431 Å². The van der Waals surface area contributed by atoms with Gasteiger partial charge in [0.1, 0.15) is 85.5 Å². The topological polar surface area (TPSA) is 666 Å². The Morgan fingerprint density at radius 3 is 0.712 bits per heavy atom. The third kappa shape index (κ3) is 36.8. The molecule has 0 aliphatic carbocycles. The maximum atomic E-state index is 13.2. The van der Waals surface area contributed by atoms with Gasteiger partial charge in [-0.15, -0.1) is 0 Å². The Morgan fingerprint density at radius 2 is 0.486 bits per heavy atom. The highest BCUT2D eigenvalue weighted by atomic mass is 16.7. The fraction of sp³-hybridized carbons (Fsp3) is 0.848. The van der Waals surface area contributed by atoms with Crippen LogP contribution >= 0.6 is 0 Å². The van der Waals surface area contributed by atoms with E-state index < -0.39 is 234 Å². The number of unbranched alkanes of at least 4 members (excludes halogenated alkanes) is 6. The van der Waals surface area contributed by atoms with Gasteiger partial charge >= 0.3 is 5.97 Å². The lowest BCUT2D eigenvalue weighted by molar-refractivity contribution is -0.300. The van der Waals surface area contributed by atoms with Crippen LogP contribution in [0.25, 0.3) is 0 Å². The average molecular weight is 1610 g/mol. The summed E-state index contributed by atoms with van der Waals surface area (Å²) in [5.74, 6) is -6.26. The molecule has 4 rings (SSSR count). The minimum absolute atomic E-state index is 0.0352. The zero-order valence-corrected chi connectivity index (χ0v) is 62.5. The van der Waals surface area contributed by atoms with Crippen molar-refractivity contribution in [3.05, 3.63) is 0 Å². The smallest absolute Gasteiger partial charge is 0.303 e. The Morgan fingerprint density at radius 1 is 0.279 bits per heavy atom. The van der Waals surface area contributed by atoms with Gasteiger partial charge in [0.25, 0.3) is 0 Å². The highest BCUT2D eigenvalue weighted by Crippen LogP contribution is 2.25. The van der Waals surface area contributed by atoms with Crippen molar-refractivity contribution < 1.29 is 162 Å². The number of rotatable bonds is 54. The molecule has 111 heavy (non-hydrogen) atoms. The lowest BCUT2D eigenvalue weighted by atomic mass is 9.99. The van der Waals surface area contributed by atoms with Crippen molar-refractivity contribution in [2.24, 2.45) is 0 Å². The molecule has 0 aromatic carbocycles. The van der Waals surface area contributed by atoms with Crippen LogP contribution < -0.4 is 47.9 Å². The van der Waals surface area contributed by atoms with Gasteiger partial charge < -0.3 is 162 Å². The summed E-state index contributed by atoms with van der Waals surface area (Å²) < 4.78 is 43.1. The third-order valence-corrected chi connectivity index (χ3v) is 17.8. The lowest BCUT2D eigenvalue weighted by Crippen LogP contribution is -2.59. The Bertz CT molecular complexity index is 2680. The van der Waals surface area contributed by atoms with Crippen LogP contribution in [0.15, 0.2) is 0 Å². The molecule has 0 unspecified atom stereocenters. The minimum atomic E-state index is -1.71. The van der Waals surface area contributed by atoms with Crippen LogP contribution in [0.1, 0.15) is 78.1 Å². The quantitative estimate of drug-likeness (QED) is 0.0251. The van der Waals surface area contributed by atoms with Gasteiger partial charge in [-0.1, -0.05) is 6.42 Å². The molecule has 4 heterocycles. The van der Waals surface area contributed by atoms with Gasteiger partial charge in [0, 0.05) is 65.3 Å². The number of nitrogens with one attached hydrogen (secondary N) is 9. The standard InChI is InChI=1S/C66H118N12O33/c1-37-51(92)55(96)59(100)63(108-37)104-22-18-72-46(86)31-77(32-47(87)73-19-23-105-64-60(101)56(97)52(93)38(2)109-64)29-44(84)70-16-10-4-8-14-68-42(82)27-76(26-41(81)67-13-7-3-6-12-50(90)91)28-43(83)69-15-9-5-11-17-71-45(85)30-78(33-48(88)74-20-24-106-65-61(102)57(98)53(94)39(35-79)110-65)34-49(89)75-21-25-107-66-62(103)58(99)54(95)40(36-80)111-66/h37-40,51-66,79-80,92-103H,3-36H2,1-2H3,(H,67,81)(H,68,82)(H,69,83)(H,70,84)(H,71,85)(H,72,86)(H,73,87)(H,74,88)(H,75,89)(H,90,91)/t37-,38-,39+,40+,51+,52+,53+,54+,55+,56+,57-,58-,59-,60-,61-,62-,63+,64+,65-,66-/m0/s1. The number of hydrogen-bond acceptors (Lipinski definition) is 35. The molecule has 0 aromatic rings. The van der Waals surface area contributed by atoms with Crippen molar-refractivity contribution in [3.63, 3.8) is 0 Å². The van der Waals surface area contributed by atoms with E-state index in [1.165, 1.54) is 28.5 Å². The molecule has 4 aliphatic rings. The summed E-state index contributed by atoms with van der Waals surface area (Å²) in [5, 5.41) is 173. The number of carbonyl (C=O) groups excluding carboxylic acids is 9. The summed E-state index contributed by atoms with van der Waals surface area (Å²) in [7, 11) is 0. The van der Waals surface area contributed by atoms with E-state index >= 15 is 0 Å². The average Bonchev–Trinajstić information content (AvgIpc) is 0.838. The van der Waals surface area contributed by atoms with Crippen molar-refractivity contribution in [1.82, 2.24) is 62.6 Å². The fourth-order valence-electron chi connectivity index (χ4n) is 11.6. The van der Waals surface area contributed by atoms with Gasteiger partial charge in [-0.2, -0.15) is 0 Å². The van der Waals surface area contributed by atoms with E-state index in [0.29, 0.717) is 57.8 Å². The van der Waals surface area contributed by atoms with E-state index in [1.54, 1.807) is 0 Å². The summed E-state index contributed by atoms with van der Waals surface area (Å²) in [5.41, 5.74) is 0. The SMILES string of the molecule is C[C@@H]1O[C@@H](OCCNC(=O)CN(CC(=O)NCCCCCNC(=O)CN(CC(=O)NCCCCCNC(=O)CN(CC(=O)NCCO[C@H]2O[C@H](CO)[C@@H](O)[C@H](O)[C@@H]2O)CC(=O)NCCO[C@H]2O[C@H](CO)[C@@H](O)[C@H](O)[C@@H]2O)CC(=O)NCCCCCC(=O)O)CC(=O)NCCO[C@@H]2O[C@@H](C)[C@@H](O)[C@@H](O)[C@@H]2O)[C@@H](O)[C@H](O)[C@@H]1O. The zero-order valence-electron chi connectivity index (χ0n) is 62.5. The number of carboxylic acid groups (broad SMARTS) is 1. The first-order valence-corrected chi connectivity index (χ1v) is 37.1. The first-order chi connectivity index (χ1) is 52.8. The molecule has 45 heteroatoms. The van der Waals surface area contributed by atoms with Crippen molar-refractivity contribution in [1.29, 1.82) is 0 Å². The second-order valence-electron chi connectivity index (χ2n) is 27.2. The Balaban J connectivity index is 1.21. The van der Waals surface area contributed by atoms with Crippen molar-refractivity contribution in [3.8, 4) is 0 Å². The van der Waals surface area contributed by atoms with Crippen LogP contribution in [0.2, 0.25) is 0 Å². The highest BCUT2D eigenvalue weighted by Gasteiger charge is 2.47. The molecule has 4 fully saturated rings. The number of carboxylic acids is 1. The summed E-state index contributed by atoms with van der Waals surface area (Å²) in [6.07, 6.45) is -24.8. The first kappa shape index (κ1) is 97.1. The molecule has 20 atom stereocenters. The zero-order chi connectivity index (χ0) is 82.1.